The van der Waals surface area contributed by atoms with E-state index in [4.69, 9.17) is 10.6 Å². The maximum atomic E-state index is 12.3. The van der Waals surface area contributed by atoms with Gasteiger partial charge in [0, 0.05) is 5.56 Å². The first-order valence-corrected chi connectivity index (χ1v) is 9.99. The van der Waals surface area contributed by atoms with Gasteiger partial charge in [0.2, 0.25) is 5.16 Å². The highest BCUT2D eigenvalue weighted by Gasteiger charge is 2.13. The molecule has 0 fully saturated rings. The molecule has 1 aromatic heterocycles. The Morgan fingerprint density at radius 3 is 2.52 bits per heavy atom. The van der Waals surface area contributed by atoms with E-state index < -0.39 is 0 Å². The van der Waals surface area contributed by atoms with Gasteiger partial charge in [0.15, 0.2) is 5.78 Å². The van der Waals surface area contributed by atoms with Crippen LogP contribution in [0.5, 0.6) is 5.75 Å². The summed E-state index contributed by atoms with van der Waals surface area (Å²) in [6, 6.07) is 16.8. The fourth-order valence-electron chi connectivity index (χ4n) is 2.54. The predicted molar refractivity (Wildman–Crippen MR) is 115 cm³/mol. The Morgan fingerprint density at radius 1 is 1.14 bits per heavy atom. The third-order valence-electron chi connectivity index (χ3n) is 4.14. The van der Waals surface area contributed by atoms with E-state index in [9.17, 15) is 4.79 Å². The number of nitrogens with two attached hydrogens (primary N) is 1. The lowest BCUT2D eigenvalue weighted by Crippen LogP contribution is -2.15. The quantitative estimate of drug-likeness (QED) is 0.183. The molecule has 8 nitrogen and oxygen atoms in total. The second-order valence-corrected chi connectivity index (χ2v) is 6.95. The molecule has 0 bridgehead atoms. The molecule has 3 rings (SSSR count). The smallest absolute Gasteiger partial charge is 0.264 e. The first-order chi connectivity index (χ1) is 14.1. The number of carbonyl (C=O) groups excluding carboxylic acids is 1. The van der Waals surface area contributed by atoms with Gasteiger partial charge in [0.1, 0.15) is 5.75 Å². The second-order valence-electron chi connectivity index (χ2n) is 6.01. The summed E-state index contributed by atoms with van der Waals surface area (Å²) in [6.07, 6.45) is 0.744. The predicted octanol–water partition coefficient (Wildman–Crippen LogP) is 3.20. The molecule has 29 heavy (non-hydrogen) atoms. The van der Waals surface area contributed by atoms with E-state index in [-0.39, 0.29) is 11.5 Å². The van der Waals surface area contributed by atoms with Crippen LogP contribution in [0.25, 0.3) is 0 Å². The van der Waals surface area contributed by atoms with Crippen LogP contribution in [0, 0.1) is 0 Å². The largest absolute Gasteiger partial charge is 0.497 e. The normalized spacial score (nSPS) is 11.3. The number of nitrogen functional groups attached to an aromatic ring is 1. The molecule has 3 N–H and O–H groups in total. The van der Waals surface area contributed by atoms with Crippen molar-refractivity contribution in [2.24, 2.45) is 5.10 Å². The number of aromatic nitrogens is 3. The lowest BCUT2D eigenvalue weighted by molar-refractivity contribution is 0.102. The van der Waals surface area contributed by atoms with Gasteiger partial charge in [-0.1, -0.05) is 49.0 Å². The van der Waals surface area contributed by atoms with Crippen LogP contribution >= 0.6 is 11.8 Å². The van der Waals surface area contributed by atoms with Gasteiger partial charge in [-0.25, -0.2) is 10.1 Å². The molecule has 0 spiro atoms. The number of rotatable bonds is 9. The second kappa shape index (κ2) is 9.74. The number of carbonyl (C=O) groups is 1. The van der Waals surface area contributed by atoms with Gasteiger partial charge in [-0.3, -0.25) is 4.79 Å². The summed E-state index contributed by atoms with van der Waals surface area (Å²) < 4.78 is 6.39. The van der Waals surface area contributed by atoms with Crippen LogP contribution in [0.1, 0.15) is 29.3 Å². The molecule has 0 saturated heterocycles. The van der Waals surface area contributed by atoms with E-state index in [1.807, 2.05) is 37.3 Å². The maximum Gasteiger partial charge on any atom is 0.264 e. The van der Waals surface area contributed by atoms with Gasteiger partial charge < -0.3 is 10.6 Å². The average molecular weight is 411 g/mol. The van der Waals surface area contributed by atoms with Crippen LogP contribution in [-0.4, -0.2) is 39.2 Å². The number of thioether (sulfide) groups is 1. The molecule has 0 aliphatic carbocycles. The molecule has 0 atom stereocenters. The summed E-state index contributed by atoms with van der Waals surface area (Å²) >= 11 is 1.21. The summed E-state index contributed by atoms with van der Waals surface area (Å²) in [5.74, 6) is 7.20. The van der Waals surface area contributed by atoms with Gasteiger partial charge in [0.05, 0.1) is 18.6 Å². The number of hydrazone groups is 1. The van der Waals surface area contributed by atoms with Gasteiger partial charge >= 0.3 is 0 Å². The van der Waals surface area contributed by atoms with Crippen LogP contribution in [0.15, 0.2) is 64.9 Å². The summed E-state index contributed by atoms with van der Waals surface area (Å²) in [6.45, 7) is 2.02. The number of nitrogens with zero attached hydrogens (tertiary/aromatic N) is 4. The monoisotopic (exact) mass is 410 g/mol. The van der Waals surface area contributed by atoms with Crippen LogP contribution in [0.3, 0.4) is 0 Å². The summed E-state index contributed by atoms with van der Waals surface area (Å²) in [5, 5.41) is 12.9. The zero-order valence-electron chi connectivity index (χ0n) is 16.2. The molecule has 9 heteroatoms. The van der Waals surface area contributed by atoms with Crippen LogP contribution in [-0.2, 0) is 0 Å². The first-order valence-electron chi connectivity index (χ1n) is 9.01. The van der Waals surface area contributed by atoms with Crippen molar-refractivity contribution in [1.29, 1.82) is 0 Å². The number of nitrogens with one attached hydrogen (secondary N) is 1. The molecule has 3 aromatic rings. The van der Waals surface area contributed by atoms with Crippen molar-refractivity contribution < 1.29 is 9.53 Å². The topological polar surface area (TPSA) is 107 Å². The molecular weight excluding hydrogens is 388 g/mol. The van der Waals surface area contributed by atoms with Gasteiger partial charge in [0.25, 0.3) is 5.95 Å². The van der Waals surface area contributed by atoms with E-state index in [0.29, 0.717) is 22.4 Å². The van der Waals surface area contributed by atoms with E-state index in [1.54, 1.807) is 31.4 Å². The molecule has 0 saturated carbocycles. The summed E-state index contributed by atoms with van der Waals surface area (Å²) in [7, 11) is 1.58. The molecule has 0 unspecified atom stereocenters. The lowest BCUT2D eigenvalue weighted by atomic mass is 10.1. The lowest BCUT2D eigenvalue weighted by Gasteiger charge is -2.06. The first kappa shape index (κ1) is 20.4. The van der Waals surface area contributed by atoms with E-state index in [1.165, 1.54) is 16.4 Å². The molecule has 0 aliphatic rings. The minimum Gasteiger partial charge on any atom is -0.497 e. The fraction of sp³-hybridized carbons (Fsp3) is 0.200. The SMILES string of the molecule is CC/C(=N/Nc1nnc(SCC(=O)c2ccc(OC)cc2)n1N)c1ccccc1. The van der Waals surface area contributed by atoms with E-state index in [2.05, 4.69) is 20.7 Å². The molecular formula is C20H22N6O2S. The third-order valence-corrected chi connectivity index (χ3v) is 5.08. The minimum absolute atomic E-state index is 0.0365. The third kappa shape index (κ3) is 5.14. The zero-order chi connectivity index (χ0) is 20.6. The summed E-state index contributed by atoms with van der Waals surface area (Å²) in [4.78, 5) is 12.3. The fourth-order valence-corrected chi connectivity index (χ4v) is 3.29. The van der Waals surface area contributed by atoms with Gasteiger partial charge in [-0.15, -0.1) is 10.2 Å². The zero-order valence-corrected chi connectivity index (χ0v) is 17.0. The Morgan fingerprint density at radius 2 is 1.86 bits per heavy atom. The molecule has 2 aromatic carbocycles. The van der Waals surface area contributed by atoms with Crippen molar-refractivity contribution in [3.8, 4) is 5.75 Å². The average Bonchev–Trinajstić information content (AvgIpc) is 3.12. The molecule has 0 amide bonds. The van der Waals surface area contributed by atoms with Crippen LogP contribution < -0.4 is 16.0 Å². The molecule has 1 heterocycles. The van der Waals surface area contributed by atoms with Crippen molar-refractivity contribution >= 4 is 29.2 Å². The van der Waals surface area contributed by atoms with Crippen molar-refractivity contribution in [3.05, 3.63) is 65.7 Å². The van der Waals surface area contributed by atoms with Crippen molar-refractivity contribution in [1.82, 2.24) is 14.9 Å². The van der Waals surface area contributed by atoms with E-state index in [0.717, 1.165) is 17.7 Å². The number of hydrogen-bond donors (Lipinski definition) is 2. The highest BCUT2D eigenvalue weighted by molar-refractivity contribution is 7.99. The number of anilines is 1. The Bertz CT molecular complexity index is 986. The number of ether oxygens (including phenoxy) is 1. The van der Waals surface area contributed by atoms with E-state index >= 15 is 0 Å². The van der Waals surface area contributed by atoms with Gasteiger partial charge in [-0.05, 0) is 36.2 Å². The Kier molecular flexibility index (Phi) is 6.85. The van der Waals surface area contributed by atoms with Gasteiger partial charge in [-0.2, -0.15) is 5.10 Å². The Hall–Kier alpha value is -3.33. The molecule has 0 aliphatic heterocycles. The van der Waals surface area contributed by atoms with Crippen molar-refractivity contribution in [3.63, 3.8) is 0 Å². The number of hydrogen-bond acceptors (Lipinski definition) is 8. The highest BCUT2D eigenvalue weighted by Crippen LogP contribution is 2.19. The number of Topliss-reactive ketones (excluding diaryl/α,β-unsaturated/α-hetero) is 1. The highest BCUT2D eigenvalue weighted by atomic mass is 32.2. The summed E-state index contributed by atoms with van der Waals surface area (Å²) in [5.41, 5.74) is 5.34. The Labute approximate surface area is 173 Å². The molecule has 150 valence electrons. The number of methoxy groups -OCH3 is 1. The maximum absolute atomic E-state index is 12.3. The van der Waals surface area contributed by atoms with Crippen LogP contribution in [0.4, 0.5) is 5.95 Å². The number of benzene rings is 2. The Balaban J connectivity index is 1.63. The van der Waals surface area contributed by atoms with Crippen molar-refractivity contribution in [2.45, 2.75) is 18.5 Å². The standard InChI is InChI=1S/C20H22N6O2S/c1-3-17(14-7-5-4-6-8-14)22-23-19-24-25-20(26(19)21)29-13-18(27)15-9-11-16(28-2)12-10-15/h4-12H,3,13,21H2,1-2H3,(H,23,24)/b22-17-. The van der Waals surface area contributed by atoms with Crippen molar-refractivity contribution in [2.75, 3.05) is 24.1 Å². The van der Waals surface area contributed by atoms with Crippen LogP contribution in [0.2, 0.25) is 0 Å². The molecule has 0 radical (unpaired) electrons. The number of ketones is 1. The minimum atomic E-state index is -0.0365.